The van der Waals surface area contributed by atoms with Gasteiger partial charge in [-0.05, 0) is 6.42 Å². The second kappa shape index (κ2) is 2.96. The van der Waals surface area contributed by atoms with E-state index in [2.05, 4.69) is 12.0 Å². The van der Waals surface area contributed by atoms with E-state index in [0.29, 0.717) is 5.17 Å². The molecule has 0 amide bonds. The summed E-state index contributed by atoms with van der Waals surface area (Å²) in [6.45, 7) is 3.16. The van der Waals surface area contributed by atoms with Gasteiger partial charge in [-0.3, -0.25) is 5.01 Å². The van der Waals surface area contributed by atoms with Gasteiger partial charge >= 0.3 is 0 Å². The van der Waals surface area contributed by atoms with Crippen molar-refractivity contribution in [2.24, 2.45) is 10.8 Å². The van der Waals surface area contributed by atoms with Gasteiger partial charge in [-0.25, -0.2) is 0 Å². The van der Waals surface area contributed by atoms with Crippen molar-refractivity contribution < 1.29 is 0 Å². The van der Waals surface area contributed by atoms with Crippen LogP contribution in [0, 0.1) is 0 Å². The summed E-state index contributed by atoms with van der Waals surface area (Å²) in [6.07, 6.45) is 1.14. The van der Waals surface area contributed by atoms with E-state index in [9.17, 15) is 0 Å². The fourth-order valence-electron chi connectivity index (χ4n) is 0.710. The molecule has 0 aromatic rings. The highest BCUT2D eigenvalue weighted by molar-refractivity contribution is 8.13. The molecule has 0 saturated carbocycles. The Bertz CT molecular complexity index is 123. The van der Waals surface area contributed by atoms with Gasteiger partial charge in [-0.2, -0.15) is 5.10 Å². The zero-order valence-electron chi connectivity index (χ0n) is 5.50. The molecule has 0 unspecified atom stereocenters. The van der Waals surface area contributed by atoms with Gasteiger partial charge in [0.25, 0.3) is 0 Å². The minimum atomic E-state index is 0.698. The van der Waals surface area contributed by atoms with Gasteiger partial charge in [0.05, 0.1) is 5.88 Å². The number of nitrogens with zero attached hydrogens (tertiary/aromatic N) is 2. The summed E-state index contributed by atoms with van der Waals surface area (Å²) in [5.74, 6) is 0.930. The SMILES string of the molecule is CCCN1CSC(N)=N1. The lowest BCUT2D eigenvalue weighted by atomic mass is 10.5. The maximum absolute atomic E-state index is 5.43. The van der Waals surface area contributed by atoms with Crippen LogP contribution in [0.3, 0.4) is 0 Å². The second-order valence-electron chi connectivity index (χ2n) is 1.94. The predicted molar refractivity (Wildman–Crippen MR) is 41.1 cm³/mol. The maximum atomic E-state index is 5.43. The Morgan fingerprint density at radius 3 is 3.11 bits per heavy atom. The van der Waals surface area contributed by atoms with Gasteiger partial charge in [0, 0.05) is 6.54 Å². The highest BCUT2D eigenvalue weighted by Crippen LogP contribution is 2.12. The lowest BCUT2D eigenvalue weighted by molar-refractivity contribution is 0.347. The summed E-state index contributed by atoms with van der Waals surface area (Å²) >= 11 is 1.60. The molecule has 0 atom stereocenters. The molecule has 0 aromatic heterocycles. The van der Waals surface area contributed by atoms with Gasteiger partial charge in [0.15, 0.2) is 5.17 Å². The van der Waals surface area contributed by atoms with E-state index in [0.717, 1.165) is 18.8 Å². The second-order valence-corrected chi connectivity index (χ2v) is 2.91. The number of hydrogen-bond donors (Lipinski definition) is 1. The number of amidine groups is 1. The van der Waals surface area contributed by atoms with E-state index in [1.807, 2.05) is 5.01 Å². The van der Waals surface area contributed by atoms with Gasteiger partial charge in [0.1, 0.15) is 0 Å². The molecule has 3 nitrogen and oxygen atoms in total. The van der Waals surface area contributed by atoms with Crippen molar-refractivity contribution in [3.8, 4) is 0 Å². The average Bonchev–Trinajstić information content (AvgIpc) is 2.17. The molecule has 52 valence electrons. The first-order valence-electron chi connectivity index (χ1n) is 3.04. The lowest BCUT2D eigenvalue weighted by Gasteiger charge is -2.08. The number of rotatable bonds is 2. The third-order valence-electron chi connectivity index (χ3n) is 1.08. The first kappa shape index (κ1) is 6.74. The molecule has 1 rings (SSSR count). The number of hydrogen-bond acceptors (Lipinski definition) is 4. The summed E-state index contributed by atoms with van der Waals surface area (Å²) < 4.78 is 0. The largest absolute Gasteiger partial charge is 0.377 e. The Morgan fingerprint density at radius 1 is 1.89 bits per heavy atom. The highest BCUT2D eigenvalue weighted by Gasteiger charge is 2.09. The van der Waals surface area contributed by atoms with Gasteiger partial charge < -0.3 is 5.73 Å². The molecule has 0 fully saturated rings. The molecular formula is C5H11N3S. The zero-order valence-corrected chi connectivity index (χ0v) is 6.32. The van der Waals surface area contributed by atoms with Gasteiger partial charge in [-0.1, -0.05) is 18.7 Å². The highest BCUT2D eigenvalue weighted by atomic mass is 32.2. The fourth-order valence-corrected chi connectivity index (χ4v) is 1.35. The molecule has 1 aliphatic heterocycles. The van der Waals surface area contributed by atoms with Crippen molar-refractivity contribution in [1.82, 2.24) is 5.01 Å². The molecule has 2 N–H and O–H groups in total. The summed E-state index contributed by atoms with van der Waals surface area (Å²) in [7, 11) is 0. The topological polar surface area (TPSA) is 41.6 Å². The van der Waals surface area contributed by atoms with Gasteiger partial charge in [-0.15, -0.1) is 0 Å². The molecule has 0 bridgehead atoms. The van der Waals surface area contributed by atoms with Crippen molar-refractivity contribution in [3.63, 3.8) is 0 Å². The van der Waals surface area contributed by atoms with Crippen LogP contribution in [0.2, 0.25) is 0 Å². The van der Waals surface area contributed by atoms with Crippen LogP contribution < -0.4 is 5.73 Å². The molecule has 4 heteroatoms. The molecule has 9 heavy (non-hydrogen) atoms. The van der Waals surface area contributed by atoms with E-state index in [4.69, 9.17) is 5.73 Å². The van der Waals surface area contributed by atoms with Crippen molar-refractivity contribution in [2.75, 3.05) is 12.4 Å². The third-order valence-corrected chi connectivity index (χ3v) is 1.89. The minimum absolute atomic E-state index is 0.698. The summed E-state index contributed by atoms with van der Waals surface area (Å²) in [5.41, 5.74) is 5.43. The van der Waals surface area contributed by atoms with Crippen molar-refractivity contribution in [2.45, 2.75) is 13.3 Å². The van der Waals surface area contributed by atoms with E-state index in [-0.39, 0.29) is 0 Å². The van der Waals surface area contributed by atoms with Crippen LogP contribution in [-0.4, -0.2) is 22.6 Å². The molecule has 0 aliphatic carbocycles. The van der Waals surface area contributed by atoms with Crippen LogP contribution in [0.1, 0.15) is 13.3 Å². The molecule has 0 saturated heterocycles. The van der Waals surface area contributed by atoms with Crippen LogP contribution in [0.4, 0.5) is 0 Å². The smallest absolute Gasteiger partial charge is 0.179 e. The Morgan fingerprint density at radius 2 is 2.67 bits per heavy atom. The van der Waals surface area contributed by atoms with Crippen LogP contribution >= 0.6 is 11.8 Å². The van der Waals surface area contributed by atoms with Crippen LogP contribution in [0.5, 0.6) is 0 Å². The monoisotopic (exact) mass is 145 g/mol. The van der Waals surface area contributed by atoms with Crippen LogP contribution in [0.25, 0.3) is 0 Å². The van der Waals surface area contributed by atoms with Crippen molar-refractivity contribution in [1.29, 1.82) is 0 Å². The molecule has 0 aromatic carbocycles. The molecule has 0 spiro atoms. The van der Waals surface area contributed by atoms with E-state index in [1.54, 1.807) is 11.8 Å². The van der Waals surface area contributed by atoms with Crippen LogP contribution in [0.15, 0.2) is 5.10 Å². The van der Waals surface area contributed by atoms with E-state index < -0.39 is 0 Å². The van der Waals surface area contributed by atoms with Crippen molar-refractivity contribution >= 4 is 16.9 Å². The minimum Gasteiger partial charge on any atom is -0.377 e. The first-order valence-corrected chi connectivity index (χ1v) is 4.03. The lowest BCUT2D eigenvalue weighted by Crippen LogP contribution is -2.13. The number of thioether (sulfide) groups is 1. The Labute approximate surface area is 59.3 Å². The summed E-state index contributed by atoms with van der Waals surface area (Å²) in [5, 5.41) is 6.75. The summed E-state index contributed by atoms with van der Waals surface area (Å²) in [6, 6.07) is 0. The Kier molecular flexibility index (Phi) is 2.22. The number of hydrazone groups is 1. The zero-order chi connectivity index (χ0) is 6.69. The predicted octanol–water partition coefficient (Wildman–Crippen LogP) is 0.632. The standard InChI is InChI=1S/C5H11N3S/c1-2-3-8-4-9-5(6)7-8/h2-4H2,1H3,(H2,6,7). The first-order chi connectivity index (χ1) is 4.33. The quantitative estimate of drug-likeness (QED) is 0.619. The van der Waals surface area contributed by atoms with Crippen LogP contribution in [-0.2, 0) is 0 Å². The number of nitrogens with two attached hydrogens (primary N) is 1. The molecule has 1 aliphatic rings. The van der Waals surface area contributed by atoms with E-state index >= 15 is 0 Å². The van der Waals surface area contributed by atoms with E-state index in [1.165, 1.54) is 0 Å². The summed E-state index contributed by atoms with van der Waals surface area (Å²) in [4.78, 5) is 0. The fraction of sp³-hybridized carbons (Fsp3) is 0.800. The average molecular weight is 145 g/mol. The Balaban J connectivity index is 2.29. The third kappa shape index (κ3) is 1.78. The maximum Gasteiger partial charge on any atom is 0.179 e. The Hall–Kier alpha value is -0.380. The molecule has 0 radical (unpaired) electrons. The van der Waals surface area contributed by atoms with Crippen molar-refractivity contribution in [3.05, 3.63) is 0 Å². The molecular weight excluding hydrogens is 134 g/mol. The normalized spacial score (nSPS) is 18.3. The van der Waals surface area contributed by atoms with Gasteiger partial charge in [0.2, 0.25) is 0 Å². The molecule has 1 heterocycles.